The maximum absolute atomic E-state index is 13.4. The van der Waals surface area contributed by atoms with Gasteiger partial charge in [-0.15, -0.1) is 0 Å². The summed E-state index contributed by atoms with van der Waals surface area (Å²) in [6.07, 6.45) is 2.41. The first kappa shape index (κ1) is 23.5. The molecule has 33 heavy (non-hydrogen) atoms. The van der Waals surface area contributed by atoms with Gasteiger partial charge in [0.25, 0.3) is 5.91 Å². The highest BCUT2D eigenvalue weighted by Crippen LogP contribution is 2.29. The monoisotopic (exact) mass is 472 g/mol. The van der Waals surface area contributed by atoms with Gasteiger partial charge in [-0.05, 0) is 61.7 Å². The van der Waals surface area contributed by atoms with Crippen molar-refractivity contribution in [2.24, 2.45) is 0 Å². The number of carbonyl (C=O) groups excluding carboxylic acids is 1. The van der Waals surface area contributed by atoms with E-state index < -0.39 is 10.0 Å². The number of benzene rings is 2. The van der Waals surface area contributed by atoms with E-state index in [4.69, 9.17) is 4.74 Å². The fourth-order valence-corrected chi connectivity index (χ4v) is 5.32. The van der Waals surface area contributed by atoms with E-state index in [0.29, 0.717) is 43.2 Å². The van der Waals surface area contributed by atoms with Crippen molar-refractivity contribution in [3.8, 4) is 0 Å². The third-order valence-corrected chi connectivity index (χ3v) is 8.06. The molecular formula is C24H32N4O4S. The van der Waals surface area contributed by atoms with Crippen molar-refractivity contribution in [2.45, 2.75) is 24.7 Å². The topological polar surface area (TPSA) is 82.2 Å². The number of sulfonamides is 1. The summed E-state index contributed by atoms with van der Waals surface area (Å²) < 4.78 is 32.0. The number of hydrogen-bond acceptors (Lipinski definition) is 6. The zero-order valence-corrected chi connectivity index (χ0v) is 20.3. The van der Waals surface area contributed by atoms with Crippen LogP contribution in [0.5, 0.6) is 0 Å². The zero-order chi connectivity index (χ0) is 23.6. The molecule has 0 aromatic heterocycles. The lowest BCUT2D eigenvalue weighted by Crippen LogP contribution is -2.37. The summed E-state index contributed by atoms with van der Waals surface area (Å²) in [5, 5.41) is 2.98. The highest BCUT2D eigenvalue weighted by atomic mass is 32.2. The molecule has 0 aliphatic carbocycles. The lowest BCUT2D eigenvalue weighted by atomic mass is 10.1. The van der Waals surface area contributed by atoms with Crippen LogP contribution in [0.1, 0.15) is 28.8 Å². The van der Waals surface area contributed by atoms with Gasteiger partial charge in [0, 0.05) is 57.3 Å². The Kier molecular flexibility index (Phi) is 6.92. The maximum atomic E-state index is 13.4. The van der Waals surface area contributed by atoms with E-state index in [1.165, 1.54) is 38.7 Å². The fourth-order valence-electron chi connectivity index (χ4n) is 4.39. The molecule has 9 heteroatoms. The first-order chi connectivity index (χ1) is 15.8. The van der Waals surface area contributed by atoms with Crippen LogP contribution in [0.15, 0.2) is 41.3 Å². The molecule has 0 radical (unpaired) electrons. The van der Waals surface area contributed by atoms with Crippen LogP contribution >= 0.6 is 0 Å². The number of carbonyl (C=O) groups is 1. The third-order valence-electron chi connectivity index (χ3n) is 6.24. The van der Waals surface area contributed by atoms with E-state index in [2.05, 4.69) is 15.1 Å². The van der Waals surface area contributed by atoms with Gasteiger partial charge >= 0.3 is 0 Å². The zero-order valence-electron chi connectivity index (χ0n) is 19.5. The molecule has 2 fully saturated rings. The van der Waals surface area contributed by atoms with Gasteiger partial charge < -0.3 is 19.9 Å². The lowest BCUT2D eigenvalue weighted by Gasteiger charge is -2.30. The molecule has 4 rings (SSSR count). The molecule has 2 heterocycles. The highest BCUT2D eigenvalue weighted by Gasteiger charge is 2.24. The summed E-state index contributed by atoms with van der Waals surface area (Å²) in [5.41, 5.74) is 4.03. The summed E-state index contributed by atoms with van der Waals surface area (Å²) in [5.74, 6) is -0.333. The minimum absolute atomic E-state index is 0.0928. The van der Waals surface area contributed by atoms with Gasteiger partial charge in [-0.1, -0.05) is 0 Å². The van der Waals surface area contributed by atoms with Crippen molar-refractivity contribution in [1.82, 2.24) is 4.31 Å². The molecule has 0 atom stereocenters. The minimum atomic E-state index is -3.67. The molecule has 2 aliphatic heterocycles. The smallest absolute Gasteiger partial charge is 0.257 e. The van der Waals surface area contributed by atoms with Crippen molar-refractivity contribution >= 4 is 33.0 Å². The molecule has 0 saturated carbocycles. The summed E-state index contributed by atoms with van der Waals surface area (Å²) in [6.45, 7) is 6.58. The van der Waals surface area contributed by atoms with Gasteiger partial charge in [0.15, 0.2) is 0 Å². The van der Waals surface area contributed by atoms with Gasteiger partial charge in [-0.25, -0.2) is 12.7 Å². The lowest BCUT2D eigenvalue weighted by molar-refractivity contribution is 0.102. The standard InChI is InChI=1S/C24H32N4O4S/c1-18-16-19(6-8-22(18)27-10-4-5-11-27)25-24(29)21-17-20(33(30,31)26(2)3)7-9-23(21)28-12-14-32-15-13-28/h6-9,16-17H,4-5,10-15H2,1-3H3,(H,25,29). The van der Waals surface area contributed by atoms with Crippen molar-refractivity contribution in [3.63, 3.8) is 0 Å². The SMILES string of the molecule is Cc1cc(NC(=O)c2cc(S(=O)(=O)N(C)C)ccc2N2CCOCC2)ccc1N1CCCC1. The van der Waals surface area contributed by atoms with E-state index in [0.717, 1.165) is 23.0 Å². The van der Waals surface area contributed by atoms with E-state index in [1.807, 2.05) is 25.1 Å². The molecule has 0 bridgehead atoms. The number of hydrogen-bond donors (Lipinski definition) is 1. The number of morpholine rings is 1. The molecule has 1 amide bonds. The normalized spacial score (nSPS) is 17.0. The predicted octanol–water partition coefficient (Wildman–Crippen LogP) is 2.93. The van der Waals surface area contributed by atoms with Gasteiger partial charge in [-0.3, -0.25) is 4.79 Å². The number of rotatable bonds is 6. The van der Waals surface area contributed by atoms with Crippen LogP contribution in [-0.4, -0.2) is 72.1 Å². The molecule has 178 valence electrons. The van der Waals surface area contributed by atoms with Crippen LogP contribution < -0.4 is 15.1 Å². The molecule has 0 spiro atoms. The van der Waals surface area contributed by atoms with Gasteiger partial charge in [0.05, 0.1) is 23.7 Å². The average molecular weight is 473 g/mol. The number of amides is 1. The Morgan fingerprint density at radius 1 is 0.939 bits per heavy atom. The molecule has 2 saturated heterocycles. The van der Waals surface area contributed by atoms with E-state index >= 15 is 0 Å². The number of aryl methyl sites for hydroxylation is 1. The Hall–Kier alpha value is -2.62. The molecular weight excluding hydrogens is 440 g/mol. The van der Waals surface area contributed by atoms with Crippen LogP contribution in [0, 0.1) is 6.92 Å². The number of nitrogens with zero attached hydrogens (tertiary/aromatic N) is 3. The van der Waals surface area contributed by atoms with Crippen molar-refractivity contribution in [2.75, 3.05) is 68.6 Å². The Bertz CT molecular complexity index is 1120. The van der Waals surface area contributed by atoms with Gasteiger partial charge in [0.1, 0.15) is 0 Å². The second kappa shape index (κ2) is 9.70. The largest absolute Gasteiger partial charge is 0.378 e. The quantitative estimate of drug-likeness (QED) is 0.696. The van der Waals surface area contributed by atoms with Crippen LogP contribution in [0.3, 0.4) is 0 Å². The maximum Gasteiger partial charge on any atom is 0.257 e. The number of anilines is 3. The van der Waals surface area contributed by atoms with E-state index in [-0.39, 0.29) is 10.8 Å². The molecule has 2 aromatic carbocycles. The van der Waals surface area contributed by atoms with Crippen LogP contribution in [0.2, 0.25) is 0 Å². The molecule has 0 unspecified atom stereocenters. The highest BCUT2D eigenvalue weighted by molar-refractivity contribution is 7.89. The van der Waals surface area contributed by atoms with E-state index in [1.54, 1.807) is 12.1 Å². The van der Waals surface area contributed by atoms with E-state index in [9.17, 15) is 13.2 Å². The molecule has 8 nitrogen and oxygen atoms in total. The first-order valence-electron chi connectivity index (χ1n) is 11.3. The third kappa shape index (κ3) is 5.00. The van der Waals surface area contributed by atoms with Crippen LogP contribution in [0.25, 0.3) is 0 Å². The summed E-state index contributed by atoms with van der Waals surface area (Å²) in [4.78, 5) is 17.9. The van der Waals surface area contributed by atoms with Crippen molar-refractivity contribution < 1.29 is 17.9 Å². The molecule has 2 aromatic rings. The second-order valence-corrected chi connectivity index (χ2v) is 10.9. The Morgan fingerprint density at radius 3 is 2.21 bits per heavy atom. The van der Waals surface area contributed by atoms with Crippen LogP contribution in [0.4, 0.5) is 17.1 Å². The summed E-state index contributed by atoms with van der Waals surface area (Å²) in [7, 11) is -0.707. The molecule has 2 aliphatic rings. The first-order valence-corrected chi connectivity index (χ1v) is 12.8. The second-order valence-electron chi connectivity index (χ2n) is 8.72. The Balaban J connectivity index is 1.65. The van der Waals surface area contributed by atoms with Gasteiger partial charge in [0.2, 0.25) is 10.0 Å². The minimum Gasteiger partial charge on any atom is -0.378 e. The number of nitrogens with one attached hydrogen (secondary N) is 1. The molecule has 1 N–H and O–H groups in total. The van der Waals surface area contributed by atoms with Gasteiger partial charge in [-0.2, -0.15) is 0 Å². The fraction of sp³-hybridized carbons (Fsp3) is 0.458. The predicted molar refractivity (Wildman–Crippen MR) is 131 cm³/mol. The van der Waals surface area contributed by atoms with Crippen molar-refractivity contribution in [3.05, 3.63) is 47.5 Å². The Morgan fingerprint density at radius 2 is 1.58 bits per heavy atom. The summed E-state index contributed by atoms with van der Waals surface area (Å²) in [6, 6.07) is 10.7. The van der Waals surface area contributed by atoms with Crippen molar-refractivity contribution in [1.29, 1.82) is 0 Å². The summed E-state index contributed by atoms with van der Waals surface area (Å²) >= 11 is 0. The number of ether oxygens (including phenoxy) is 1. The average Bonchev–Trinajstić information content (AvgIpc) is 3.34. The van der Waals surface area contributed by atoms with Crippen LogP contribution in [-0.2, 0) is 14.8 Å². The Labute approximate surface area is 196 Å².